The molecule has 1 aliphatic carbocycles. The number of nitrogens with zero attached hydrogens (tertiary/aromatic N) is 2. The third kappa shape index (κ3) is 3.69. The van der Waals surface area contributed by atoms with Gasteiger partial charge in [-0.3, -0.25) is 4.79 Å². The van der Waals surface area contributed by atoms with E-state index in [-0.39, 0.29) is 11.9 Å². The third-order valence-electron chi connectivity index (χ3n) is 4.45. The molecule has 0 unspecified atom stereocenters. The lowest BCUT2D eigenvalue weighted by Crippen LogP contribution is -2.37. The van der Waals surface area contributed by atoms with E-state index in [2.05, 4.69) is 29.1 Å². The molecule has 124 valence electrons. The summed E-state index contributed by atoms with van der Waals surface area (Å²) in [5.74, 6) is 0.930. The van der Waals surface area contributed by atoms with Gasteiger partial charge in [0, 0.05) is 16.3 Å². The minimum atomic E-state index is 0.0760. The highest BCUT2D eigenvalue weighted by molar-refractivity contribution is 8.00. The van der Waals surface area contributed by atoms with Crippen LogP contribution in [-0.2, 0) is 17.6 Å². The Morgan fingerprint density at radius 3 is 2.87 bits per heavy atom. The second-order valence-electron chi connectivity index (χ2n) is 6.46. The molecular weight excluding hydrogens is 326 g/mol. The molecule has 0 aliphatic heterocycles. The zero-order chi connectivity index (χ0) is 16.4. The van der Waals surface area contributed by atoms with Gasteiger partial charge in [0.2, 0.25) is 5.91 Å². The van der Waals surface area contributed by atoms with Gasteiger partial charge < -0.3 is 5.32 Å². The van der Waals surface area contributed by atoms with Crippen LogP contribution < -0.4 is 5.32 Å². The summed E-state index contributed by atoms with van der Waals surface area (Å²) < 4.78 is 0. The number of rotatable bonds is 5. The quantitative estimate of drug-likeness (QED) is 0.658. The molecule has 3 rings (SSSR count). The van der Waals surface area contributed by atoms with Crippen molar-refractivity contribution in [2.75, 3.05) is 5.75 Å². The zero-order valence-electron chi connectivity index (χ0n) is 13.9. The molecule has 1 N–H and O–H groups in total. The van der Waals surface area contributed by atoms with Crippen LogP contribution in [0.3, 0.4) is 0 Å². The van der Waals surface area contributed by atoms with Crippen LogP contribution in [0.5, 0.6) is 0 Å². The van der Waals surface area contributed by atoms with Crippen LogP contribution in [0.2, 0.25) is 0 Å². The molecule has 23 heavy (non-hydrogen) atoms. The fraction of sp³-hybridized carbons (Fsp3) is 0.588. The van der Waals surface area contributed by atoms with Crippen molar-refractivity contribution in [1.82, 2.24) is 15.3 Å². The van der Waals surface area contributed by atoms with Crippen molar-refractivity contribution in [3.05, 3.63) is 16.8 Å². The summed E-state index contributed by atoms with van der Waals surface area (Å²) in [6.07, 6.45) is 6.41. The lowest BCUT2D eigenvalue weighted by atomic mass is 9.97. The Morgan fingerprint density at radius 1 is 1.30 bits per heavy atom. The fourth-order valence-electron chi connectivity index (χ4n) is 2.77. The molecule has 0 saturated heterocycles. The molecule has 0 fully saturated rings. The number of carbonyl (C=O) groups excluding carboxylic acids is 1. The number of thiophene rings is 1. The van der Waals surface area contributed by atoms with Crippen LogP contribution in [0.15, 0.2) is 11.4 Å². The summed E-state index contributed by atoms with van der Waals surface area (Å²) in [6, 6.07) is 0.197. The van der Waals surface area contributed by atoms with E-state index in [9.17, 15) is 4.79 Å². The van der Waals surface area contributed by atoms with E-state index in [4.69, 9.17) is 0 Å². The van der Waals surface area contributed by atoms with Gasteiger partial charge in [0.25, 0.3) is 0 Å². The van der Waals surface area contributed by atoms with E-state index < -0.39 is 0 Å². The summed E-state index contributed by atoms with van der Waals surface area (Å²) in [5.41, 5.74) is 1.43. The van der Waals surface area contributed by atoms with Crippen LogP contribution in [0, 0.1) is 5.92 Å². The Morgan fingerprint density at radius 2 is 2.09 bits per heavy atom. The Balaban J connectivity index is 1.75. The summed E-state index contributed by atoms with van der Waals surface area (Å²) in [4.78, 5) is 23.6. The van der Waals surface area contributed by atoms with E-state index in [1.807, 2.05) is 6.92 Å². The van der Waals surface area contributed by atoms with Crippen molar-refractivity contribution in [1.29, 1.82) is 0 Å². The van der Waals surface area contributed by atoms with E-state index in [0.717, 1.165) is 22.7 Å². The molecule has 1 atom stereocenters. The van der Waals surface area contributed by atoms with Crippen molar-refractivity contribution in [2.24, 2.45) is 5.92 Å². The van der Waals surface area contributed by atoms with Crippen LogP contribution in [-0.4, -0.2) is 27.7 Å². The monoisotopic (exact) mass is 349 g/mol. The van der Waals surface area contributed by atoms with Crippen molar-refractivity contribution in [2.45, 2.75) is 57.5 Å². The molecule has 0 aromatic carbocycles. The number of amides is 1. The second kappa shape index (κ2) is 7.18. The van der Waals surface area contributed by atoms with Crippen LogP contribution >= 0.6 is 23.1 Å². The average molecular weight is 350 g/mol. The first-order valence-electron chi connectivity index (χ1n) is 8.23. The standard InChI is InChI=1S/C17H23N3OS2/c1-10(2)11(3)20-14(21)8-22-16-15-12-6-4-5-7-13(12)23-17(15)19-9-18-16/h9-11H,4-8H2,1-3H3,(H,20,21)/t11-/m0/s1. The number of hydrogen-bond acceptors (Lipinski definition) is 5. The lowest BCUT2D eigenvalue weighted by molar-refractivity contribution is -0.119. The molecule has 0 spiro atoms. The minimum absolute atomic E-state index is 0.0760. The van der Waals surface area contributed by atoms with Gasteiger partial charge in [0.05, 0.1) is 5.75 Å². The second-order valence-corrected chi connectivity index (χ2v) is 8.51. The number of hydrogen-bond donors (Lipinski definition) is 1. The Hall–Kier alpha value is -1.14. The number of aryl methyl sites for hydroxylation is 2. The topological polar surface area (TPSA) is 54.9 Å². The van der Waals surface area contributed by atoms with Crippen molar-refractivity contribution in [3.63, 3.8) is 0 Å². The van der Waals surface area contributed by atoms with Crippen LogP contribution in [0.1, 0.15) is 44.1 Å². The molecule has 1 aliphatic rings. The first kappa shape index (κ1) is 16.7. The van der Waals surface area contributed by atoms with E-state index >= 15 is 0 Å². The molecule has 6 heteroatoms. The fourth-order valence-corrected chi connectivity index (χ4v) is 4.90. The lowest BCUT2D eigenvalue weighted by Gasteiger charge is -2.17. The number of thioether (sulfide) groups is 1. The molecule has 1 amide bonds. The number of fused-ring (bicyclic) bond motifs is 3. The summed E-state index contributed by atoms with van der Waals surface area (Å²) >= 11 is 3.33. The van der Waals surface area contributed by atoms with Gasteiger partial charge in [-0.05, 0) is 44.1 Å². The van der Waals surface area contributed by atoms with Crippen LogP contribution in [0.4, 0.5) is 0 Å². The van der Waals surface area contributed by atoms with Gasteiger partial charge >= 0.3 is 0 Å². The molecule has 0 bridgehead atoms. The highest BCUT2D eigenvalue weighted by Gasteiger charge is 2.20. The average Bonchev–Trinajstić information content (AvgIpc) is 2.91. The summed E-state index contributed by atoms with van der Waals surface area (Å²) in [7, 11) is 0. The maximum atomic E-state index is 12.1. The Kier molecular flexibility index (Phi) is 5.21. The smallest absolute Gasteiger partial charge is 0.230 e. The molecule has 2 aromatic rings. The number of nitrogens with one attached hydrogen (secondary N) is 1. The summed E-state index contributed by atoms with van der Waals surface area (Å²) in [6.45, 7) is 6.28. The molecule has 4 nitrogen and oxygen atoms in total. The SMILES string of the molecule is CC(C)[C@H](C)NC(=O)CSc1ncnc2sc3c(c12)CCCC3. The zero-order valence-corrected chi connectivity index (χ0v) is 15.5. The predicted octanol–water partition coefficient (Wildman–Crippen LogP) is 3.82. The third-order valence-corrected chi connectivity index (χ3v) is 6.63. The molecule has 0 radical (unpaired) electrons. The van der Waals surface area contributed by atoms with Gasteiger partial charge in [-0.25, -0.2) is 9.97 Å². The Labute approximate surface area is 145 Å². The van der Waals surface area contributed by atoms with Crippen molar-refractivity contribution < 1.29 is 4.79 Å². The highest BCUT2D eigenvalue weighted by Crippen LogP contribution is 2.39. The first-order valence-corrected chi connectivity index (χ1v) is 10.0. The van der Waals surface area contributed by atoms with Gasteiger partial charge in [-0.1, -0.05) is 25.6 Å². The Bertz CT molecular complexity index is 711. The van der Waals surface area contributed by atoms with Gasteiger partial charge in [-0.2, -0.15) is 0 Å². The van der Waals surface area contributed by atoms with Crippen molar-refractivity contribution in [3.8, 4) is 0 Å². The van der Waals surface area contributed by atoms with E-state index in [0.29, 0.717) is 11.7 Å². The van der Waals surface area contributed by atoms with Crippen molar-refractivity contribution >= 4 is 39.2 Å². The maximum absolute atomic E-state index is 12.1. The highest BCUT2D eigenvalue weighted by atomic mass is 32.2. The molecule has 2 heterocycles. The minimum Gasteiger partial charge on any atom is -0.353 e. The van der Waals surface area contributed by atoms with Gasteiger partial charge in [-0.15, -0.1) is 11.3 Å². The largest absolute Gasteiger partial charge is 0.353 e. The number of aromatic nitrogens is 2. The normalized spacial score (nSPS) is 15.7. The van der Waals surface area contributed by atoms with Gasteiger partial charge in [0.1, 0.15) is 16.2 Å². The molecule has 0 saturated carbocycles. The predicted molar refractivity (Wildman–Crippen MR) is 97.2 cm³/mol. The van der Waals surface area contributed by atoms with E-state index in [1.54, 1.807) is 17.7 Å². The maximum Gasteiger partial charge on any atom is 0.230 e. The first-order chi connectivity index (χ1) is 11.1. The summed E-state index contributed by atoms with van der Waals surface area (Å²) in [5, 5.41) is 5.21. The van der Waals surface area contributed by atoms with E-state index in [1.165, 1.54) is 40.4 Å². The van der Waals surface area contributed by atoms with Gasteiger partial charge in [0.15, 0.2) is 0 Å². The molecule has 2 aromatic heterocycles. The number of carbonyl (C=O) groups is 1. The van der Waals surface area contributed by atoms with Crippen LogP contribution in [0.25, 0.3) is 10.2 Å². The molecular formula is C17H23N3OS2.